The highest BCUT2D eigenvalue weighted by Crippen LogP contribution is 2.31. The molecule has 86 valence electrons. The van der Waals surface area contributed by atoms with Crippen LogP contribution in [0.5, 0.6) is 0 Å². The first kappa shape index (κ1) is 12.6. The summed E-state index contributed by atoms with van der Waals surface area (Å²) >= 11 is 0. The molecule has 0 unspecified atom stereocenters. The van der Waals surface area contributed by atoms with Gasteiger partial charge in [0.05, 0.1) is 12.1 Å². The monoisotopic (exact) mass is 227 g/mol. The molecule has 0 atom stereocenters. The highest BCUT2D eigenvalue weighted by Gasteiger charge is 2.32. The highest BCUT2D eigenvalue weighted by molar-refractivity contribution is 5.42. The third kappa shape index (κ3) is 3.59. The average molecular weight is 227 g/mol. The van der Waals surface area contributed by atoms with Gasteiger partial charge in [-0.2, -0.15) is 13.2 Å². The fourth-order valence-electron chi connectivity index (χ4n) is 1.13. The van der Waals surface area contributed by atoms with E-state index in [0.717, 1.165) is 6.07 Å². The van der Waals surface area contributed by atoms with Crippen LogP contribution in [-0.2, 0) is 6.18 Å². The van der Waals surface area contributed by atoms with E-state index in [1.807, 2.05) is 14.1 Å². The van der Waals surface area contributed by atoms with E-state index in [-0.39, 0.29) is 5.56 Å². The van der Waals surface area contributed by atoms with Crippen molar-refractivity contribution in [3.05, 3.63) is 35.4 Å². The molecule has 0 aliphatic carbocycles. The third-order valence-electron chi connectivity index (χ3n) is 1.85. The van der Waals surface area contributed by atoms with Crippen molar-refractivity contribution in [2.24, 2.45) is 0 Å². The SMILES string of the molecule is CN(C)CC#Cc1ccccc1C(F)(F)F. The van der Waals surface area contributed by atoms with Crippen molar-refractivity contribution in [2.75, 3.05) is 20.6 Å². The summed E-state index contributed by atoms with van der Waals surface area (Å²) in [6, 6.07) is 5.33. The fraction of sp³-hybridized carbons (Fsp3) is 0.333. The van der Waals surface area contributed by atoms with E-state index >= 15 is 0 Å². The molecule has 1 nitrogen and oxygen atoms in total. The van der Waals surface area contributed by atoms with Crippen LogP contribution in [0, 0.1) is 11.8 Å². The molecule has 0 N–H and O–H groups in total. The molecule has 4 heteroatoms. The molecular weight excluding hydrogens is 215 g/mol. The zero-order valence-electron chi connectivity index (χ0n) is 9.10. The Labute approximate surface area is 92.9 Å². The van der Waals surface area contributed by atoms with E-state index in [0.29, 0.717) is 6.54 Å². The summed E-state index contributed by atoms with van der Waals surface area (Å²) in [5, 5.41) is 0. The van der Waals surface area contributed by atoms with Crippen LogP contribution in [0.2, 0.25) is 0 Å². The van der Waals surface area contributed by atoms with Gasteiger partial charge in [0.15, 0.2) is 0 Å². The molecule has 1 aromatic rings. The maximum atomic E-state index is 12.6. The van der Waals surface area contributed by atoms with Crippen molar-refractivity contribution in [3.8, 4) is 11.8 Å². The van der Waals surface area contributed by atoms with Gasteiger partial charge in [0.2, 0.25) is 0 Å². The molecule has 0 amide bonds. The Hall–Kier alpha value is -1.47. The van der Waals surface area contributed by atoms with E-state index in [1.165, 1.54) is 12.1 Å². The molecule has 0 heterocycles. The Balaban J connectivity index is 2.99. The zero-order valence-corrected chi connectivity index (χ0v) is 9.10. The van der Waals surface area contributed by atoms with Crippen LogP contribution >= 0.6 is 0 Å². The number of alkyl halides is 3. The second kappa shape index (κ2) is 5.04. The molecule has 0 saturated carbocycles. The highest BCUT2D eigenvalue weighted by atomic mass is 19.4. The van der Waals surface area contributed by atoms with Crippen molar-refractivity contribution >= 4 is 0 Å². The Kier molecular flexibility index (Phi) is 3.97. The summed E-state index contributed by atoms with van der Waals surface area (Å²) in [7, 11) is 3.62. The Morgan fingerprint density at radius 3 is 2.38 bits per heavy atom. The first-order chi connectivity index (χ1) is 7.41. The van der Waals surface area contributed by atoms with Gasteiger partial charge in [-0.25, -0.2) is 0 Å². The third-order valence-corrected chi connectivity index (χ3v) is 1.85. The van der Waals surface area contributed by atoms with Crippen molar-refractivity contribution in [1.29, 1.82) is 0 Å². The van der Waals surface area contributed by atoms with Crippen LogP contribution in [0.25, 0.3) is 0 Å². The largest absolute Gasteiger partial charge is 0.417 e. The van der Waals surface area contributed by atoms with Crippen LogP contribution in [0.1, 0.15) is 11.1 Å². The van der Waals surface area contributed by atoms with Gasteiger partial charge in [-0.15, -0.1) is 0 Å². The number of rotatable bonds is 1. The molecule has 0 aliphatic rings. The molecule has 0 fully saturated rings. The molecule has 0 spiro atoms. The lowest BCUT2D eigenvalue weighted by molar-refractivity contribution is -0.137. The van der Waals surface area contributed by atoms with Crippen LogP contribution < -0.4 is 0 Å². The van der Waals surface area contributed by atoms with Crippen molar-refractivity contribution in [3.63, 3.8) is 0 Å². The summed E-state index contributed by atoms with van der Waals surface area (Å²) in [5.41, 5.74) is -0.655. The quantitative estimate of drug-likeness (QED) is 0.666. The number of hydrogen-bond donors (Lipinski definition) is 0. The minimum absolute atomic E-state index is 0.0249. The number of halogens is 3. The summed E-state index contributed by atoms with van der Waals surface area (Å²) in [6.07, 6.45) is -4.34. The van der Waals surface area contributed by atoms with Gasteiger partial charge in [0.25, 0.3) is 0 Å². The minimum atomic E-state index is -4.34. The van der Waals surface area contributed by atoms with Gasteiger partial charge in [0.1, 0.15) is 0 Å². The van der Waals surface area contributed by atoms with Crippen molar-refractivity contribution < 1.29 is 13.2 Å². The van der Waals surface area contributed by atoms with Gasteiger partial charge < -0.3 is 0 Å². The van der Waals surface area contributed by atoms with Crippen molar-refractivity contribution in [2.45, 2.75) is 6.18 Å². The summed E-state index contributed by atoms with van der Waals surface area (Å²) in [4.78, 5) is 1.79. The Morgan fingerprint density at radius 2 is 1.81 bits per heavy atom. The summed E-state index contributed by atoms with van der Waals surface area (Å²) in [6.45, 7) is 0.437. The van der Waals surface area contributed by atoms with E-state index < -0.39 is 11.7 Å². The smallest absolute Gasteiger partial charge is 0.299 e. The lowest BCUT2D eigenvalue weighted by Crippen LogP contribution is -2.11. The van der Waals surface area contributed by atoms with E-state index in [1.54, 1.807) is 11.0 Å². The molecule has 0 radical (unpaired) electrons. The predicted octanol–water partition coefficient (Wildman–Crippen LogP) is 2.62. The van der Waals surface area contributed by atoms with Gasteiger partial charge in [-0.3, -0.25) is 4.90 Å². The minimum Gasteiger partial charge on any atom is -0.299 e. The first-order valence-electron chi connectivity index (χ1n) is 4.71. The normalized spacial score (nSPS) is 11.1. The lowest BCUT2D eigenvalue weighted by atomic mass is 10.1. The van der Waals surface area contributed by atoms with E-state index in [4.69, 9.17) is 0 Å². The zero-order chi connectivity index (χ0) is 12.2. The topological polar surface area (TPSA) is 3.24 Å². The number of hydrogen-bond acceptors (Lipinski definition) is 1. The Bertz CT molecular complexity index is 410. The average Bonchev–Trinajstić information content (AvgIpc) is 2.16. The molecular formula is C12H12F3N. The number of nitrogens with zero attached hydrogens (tertiary/aromatic N) is 1. The van der Waals surface area contributed by atoms with Crippen LogP contribution in [0.15, 0.2) is 24.3 Å². The fourth-order valence-corrected chi connectivity index (χ4v) is 1.13. The maximum absolute atomic E-state index is 12.6. The molecule has 1 aromatic carbocycles. The number of benzene rings is 1. The second-order valence-corrected chi connectivity index (χ2v) is 3.58. The molecule has 1 rings (SSSR count). The standard InChI is InChI=1S/C12H12F3N/c1-16(2)9-5-7-10-6-3-4-8-11(10)12(13,14)15/h3-4,6,8H,9H2,1-2H3. The lowest BCUT2D eigenvalue weighted by Gasteiger charge is -2.08. The molecule has 16 heavy (non-hydrogen) atoms. The van der Waals surface area contributed by atoms with E-state index in [9.17, 15) is 13.2 Å². The van der Waals surface area contributed by atoms with Crippen LogP contribution in [0.4, 0.5) is 13.2 Å². The second-order valence-electron chi connectivity index (χ2n) is 3.58. The maximum Gasteiger partial charge on any atom is 0.417 e. The van der Waals surface area contributed by atoms with Crippen LogP contribution in [0.3, 0.4) is 0 Å². The van der Waals surface area contributed by atoms with Gasteiger partial charge in [0, 0.05) is 5.56 Å². The molecule has 0 saturated heterocycles. The predicted molar refractivity (Wildman–Crippen MR) is 56.9 cm³/mol. The van der Waals surface area contributed by atoms with E-state index in [2.05, 4.69) is 11.8 Å². The van der Waals surface area contributed by atoms with Gasteiger partial charge >= 0.3 is 6.18 Å². The Morgan fingerprint density at radius 1 is 1.19 bits per heavy atom. The van der Waals surface area contributed by atoms with Crippen molar-refractivity contribution in [1.82, 2.24) is 4.90 Å². The van der Waals surface area contributed by atoms with Gasteiger partial charge in [-0.1, -0.05) is 24.0 Å². The van der Waals surface area contributed by atoms with Gasteiger partial charge in [-0.05, 0) is 26.2 Å². The summed E-state index contributed by atoms with van der Waals surface area (Å²) in [5.74, 6) is 5.23. The molecule has 0 bridgehead atoms. The summed E-state index contributed by atoms with van der Waals surface area (Å²) < 4.78 is 37.7. The molecule has 0 aliphatic heterocycles. The first-order valence-corrected chi connectivity index (χ1v) is 4.71. The van der Waals surface area contributed by atoms with Crippen LogP contribution in [-0.4, -0.2) is 25.5 Å². The molecule has 0 aromatic heterocycles.